The van der Waals surface area contributed by atoms with Gasteiger partial charge in [0, 0.05) is 18.0 Å². The third-order valence-corrected chi connectivity index (χ3v) is 6.91. The number of nitrogens with zero attached hydrogens (tertiary/aromatic N) is 1. The van der Waals surface area contributed by atoms with Crippen LogP contribution in [0.4, 0.5) is 0 Å². The first-order valence-electron chi connectivity index (χ1n) is 9.56. The number of unbranched alkanes of at least 4 members (excludes halogenated alkanes) is 1. The van der Waals surface area contributed by atoms with E-state index in [1.165, 1.54) is 38.6 Å². The van der Waals surface area contributed by atoms with E-state index in [0.29, 0.717) is 18.0 Å². The van der Waals surface area contributed by atoms with Gasteiger partial charge in [-0.05, 0) is 69.0 Å². The fourth-order valence-electron chi connectivity index (χ4n) is 5.86. The molecule has 2 aliphatic heterocycles. The lowest BCUT2D eigenvalue weighted by Crippen LogP contribution is -2.66. The van der Waals surface area contributed by atoms with E-state index in [1.807, 2.05) is 13.8 Å². The van der Waals surface area contributed by atoms with Crippen LogP contribution in [-0.2, 0) is 6.42 Å². The van der Waals surface area contributed by atoms with Gasteiger partial charge < -0.3 is 5.11 Å². The van der Waals surface area contributed by atoms with Gasteiger partial charge in [-0.15, -0.1) is 0 Å². The molecule has 1 aromatic rings. The topological polar surface area (TPSA) is 23.5 Å². The highest BCUT2D eigenvalue weighted by molar-refractivity contribution is 5.37. The van der Waals surface area contributed by atoms with Crippen LogP contribution in [0.1, 0.15) is 63.5 Å². The Kier molecular flexibility index (Phi) is 3.81. The Labute approximate surface area is 140 Å². The average molecular weight is 313 g/mol. The first-order valence-corrected chi connectivity index (χ1v) is 9.56. The van der Waals surface area contributed by atoms with Crippen LogP contribution in [0.2, 0.25) is 0 Å². The smallest absolute Gasteiger partial charge is 0.0634 e. The summed E-state index contributed by atoms with van der Waals surface area (Å²) in [7, 11) is 0. The summed E-state index contributed by atoms with van der Waals surface area (Å²) in [5.74, 6) is 1.90. The van der Waals surface area contributed by atoms with E-state index < -0.39 is 5.60 Å². The summed E-state index contributed by atoms with van der Waals surface area (Å²) in [6.45, 7) is 7.55. The van der Waals surface area contributed by atoms with Crippen LogP contribution in [0, 0.1) is 11.8 Å². The predicted octanol–water partition coefficient (Wildman–Crippen LogP) is 3.98. The third kappa shape index (κ3) is 2.46. The number of aliphatic hydroxyl groups is 1. The Balaban J connectivity index is 1.71. The zero-order valence-corrected chi connectivity index (χ0v) is 14.8. The van der Waals surface area contributed by atoms with Gasteiger partial charge in [-0.2, -0.15) is 0 Å². The summed E-state index contributed by atoms with van der Waals surface area (Å²) in [6, 6.07) is 10.4. The monoisotopic (exact) mass is 313 g/mol. The molecular weight excluding hydrogens is 282 g/mol. The molecule has 5 rings (SSSR count). The fraction of sp³-hybridized carbons (Fsp3) is 0.714. The molecule has 0 amide bonds. The standard InChI is InChI=1S/C21H31NO/c1-4-5-10-22-19-11-14-8-6-7-9-15(14)16-13-20(22)18(12-17(16)19)21(2,3)23/h6-9,16-20,23H,4-5,10-13H2,1-3H3. The summed E-state index contributed by atoms with van der Waals surface area (Å²) in [5.41, 5.74) is 2.64. The van der Waals surface area contributed by atoms with Crippen molar-refractivity contribution in [3.8, 4) is 0 Å². The molecule has 0 aromatic heterocycles. The van der Waals surface area contributed by atoms with Gasteiger partial charge in [0.05, 0.1) is 5.60 Å². The van der Waals surface area contributed by atoms with E-state index in [-0.39, 0.29) is 0 Å². The highest BCUT2D eigenvalue weighted by Crippen LogP contribution is 2.56. The molecule has 2 heteroatoms. The molecule has 0 radical (unpaired) electrons. The van der Waals surface area contributed by atoms with Gasteiger partial charge in [0.25, 0.3) is 0 Å². The number of rotatable bonds is 4. The van der Waals surface area contributed by atoms with Gasteiger partial charge >= 0.3 is 0 Å². The second kappa shape index (κ2) is 5.60. The molecule has 2 heterocycles. The minimum atomic E-state index is -0.554. The lowest BCUT2D eigenvalue weighted by Gasteiger charge is -2.62. The van der Waals surface area contributed by atoms with Crippen molar-refractivity contribution in [2.24, 2.45) is 11.8 Å². The zero-order valence-electron chi connectivity index (χ0n) is 14.8. The Morgan fingerprint density at radius 3 is 2.70 bits per heavy atom. The highest BCUT2D eigenvalue weighted by atomic mass is 16.3. The van der Waals surface area contributed by atoms with E-state index in [1.54, 1.807) is 11.1 Å². The van der Waals surface area contributed by atoms with Crippen molar-refractivity contribution in [2.75, 3.05) is 6.54 Å². The van der Waals surface area contributed by atoms with Crippen LogP contribution in [0.15, 0.2) is 24.3 Å². The number of piperidine rings is 2. The Morgan fingerprint density at radius 1 is 1.17 bits per heavy atom. The molecule has 3 fully saturated rings. The van der Waals surface area contributed by atoms with Crippen molar-refractivity contribution in [3.05, 3.63) is 35.4 Å². The van der Waals surface area contributed by atoms with Crippen molar-refractivity contribution in [1.82, 2.24) is 4.90 Å². The fourth-order valence-corrected chi connectivity index (χ4v) is 5.86. The first-order chi connectivity index (χ1) is 11.0. The van der Waals surface area contributed by atoms with E-state index in [0.717, 1.165) is 11.8 Å². The minimum absolute atomic E-state index is 0.433. The summed E-state index contributed by atoms with van der Waals surface area (Å²) in [6.07, 6.45) is 6.21. The molecule has 5 unspecified atom stereocenters. The first kappa shape index (κ1) is 15.7. The van der Waals surface area contributed by atoms with E-state index in [9.17, 15) is 5.11 Å². The second-order valence-corrected chi connectivity index (χ2v) is 8.63. The van der Waals surface area contributed by atoms with Crippen molar-refractivity contribution in [1.29, 1.82) is 0 Å². The second-order valence-electron chi connectivity index (χ2n) is 8.63. The Hall–Kier alpha value is -0.860. The third-order valence-electron chi connectivity index (χ3n) is 6.91. The molecule has 23 heavy (non-hydrogen) atoms. The molecule has 126 valence electrons. The predicted molar refractivity (Wildman–Crippen MR) is 94.6 cm³/mol. The summed E-state index contributed by atoms with van der Waals surface area (Å²) in [4.78, 5) is 2.80. The molecule has 1 aromatic carbocycles. The van der Waals surface area contributed by atoms with Crippen LogP contribution in [0.25, 0.3) is 0 Å². The van der Waals surface area contributed by atoms with Crippen LogP contribution >= 0.6 is 0 Å². The summed E-state index contributed by atoms with van der Waals surface area (Å²) >= 11 is 0. The van der Waals surface area contributed by atoms with E-state index >= 15 is 0 Å². The SMILES string of the molecule is CCCCN1C2Cc3ccccc3C3CC1C(C(C)(C)O)CC32. The molecule has 0 spiro atoms. The number of benzene rings is 1. The number of fused-ring (bicyclic) bond motifs is 2. The van der Waals surface area contributed by atoms with Crippen LogP contribution < -0.4 is 0 Å². The van der Waals surface area contributed by atoms with Gasteiger partial charge in [-0.3, -0.25) is 4.90 Å². The highest BCUT2D eigenvalue weighted by Gasteiger charge is 2.56. The van der Waals surface area contributed by atoms with Gasteiger partial charge in [0.15, 0.2) is 0 Å². The normalized spacial score (nSPS) is 36.1. The van der Waals surface area contributed by atoms with Crippen LogP contribution in [-0.4, -0.2) is 34.2 Å². The van der Waals surface area contributed by atoms with Crippen LogP contribution in [0.5, 0.6) is 0 Å². The molecule has 1 saturated carbocycles. The summed E-state index contributed by atoms with van der Waals surface area (Å²) in [5, 5.41) is 10.7. The molecule has 2 saturated heterocycles. The maximum atomic E-state index is 10.7. The number of hydrogen-bond donors (Lipinski definition) is 1. The summed E-state index contributed by atoms with van der Waals surface area (Å²) < 4.78 is 0. The molecule has 2 nitrogen and oxygen atoms in total. The Morgan fingerprint density at radius 2 is 1.96 bits per heavy atom. The van der Waals surface area contributed by atoms with Crippen molar-refractivity contribution in [2.45, 2.75) is 76.5 Å². The van der Waals surface area contributed by atoms with Gasteiger partial charge in [0.2, 0.25) is 0 Å². The molecule has 2 aliphatic carbocycles. The molecule has 5 atom stereocenters. The van der Waals surface area contributed by atoms with E-state index in [4.69, 9.17) is 0 Å². The molecule has 4 aliphatic rings. The molecule has 1 N–H and O–H groups in total. The van der Waals surface area contributed by atoms with Crippen LogP contribution in [0.3, 0.4) is 0 Å². The molecular formula is C21H31NO. The maximum absolute atomic E-state index is 10.7. The molecule has 4 bridgehead atoms. The van der Waals surface area contributed by atoms with Crippen molar-refractivity contribution >= 4 is 0 Å². The Bertz CT molecular complexity index is 575. The number of hydrogen-bond acceptors (Lipinski definition) is 2. The largest absolute Gasteiger partial charge is 0.390 e. The van der Waals surface area contributed by atoms with E-state index in [2.05, 4.69) is 36.1 Å². The lowest BCUT2D eigenvalue weighted by atomic mass is 9.55. The maximum Gasteiger partial charge on any atom is 0.0634 e. The minimum Gasteiger partial charge on any atom is -0.390 e. The van der Waals surface area contributed by atoms with Crippen molar-refractivity contribution < 1.29 is 5.11 Å². The lowest BCUT2D eigenvalue weighted by molar-refractivity contribution is -0.132. The average Bonchev–Trinajstić information content (AvgIpc) is 2.53. The zero-order chi connectivity index (χ0) is 16.2. The quantitative estimate of drug-likeness (QED) is 0.909. The van der Waals surface area contributed by atoms with Gasteiger partial charge in [0.1, 0.15) is 0 Å². The van der Waals surface area contributed by atoms with Crippen molar-refractivity contribution in [3.63, 3.8) is 0 Å². The van der Waals surface area contributed by atoms with Gasteiger partial charge in [-0.25, -0.2) is 0 Å². The van der Waals surface area contributed by atoms with Gasteiger partial charge in [-0.1, -0.05) is 37.6 Å².